The van der Waals surface area contributed by atoms with Crippen LogP contribution in [0.25, 0.3) is 16.3 Å². The van der Waals surface area contributed by atoms with Gasteiger partial charge in [-0.25, -0.2) is 14.6 Å². The van der Waals surface area contributed by atoms with Crippen LogP contribution in [0.2, 0.25) is 5.15 Å². The lowest BCUT2D eigenvalue weighted by molar-refractivity contribution is 0.0963. The first-order valence-electron chi connectivity index (χ1n) is 8.36. The van der Waals surface area contributed by atoms with Gasteiger partial charge >= 0.3 is 0 Å². The van der Waals surface area contributed by atoms with E-state index in [0.717, 1.165) is 10.6 Å². The lowest BCUT2D eigenvalue weighted by Gasteiger charge is -2.08. The Kier molecular flexibility index (Phi) is 5.05. The predicted octanol–water partition coefficient (Wildman–Crippen LogP) is 4.11. The lowest BCUT2D eigenvalue weighted by atomic mass is 10.2. The Morgan fingerprint density at radius 1 is 1.14 bits per heavy atom. The summed E-state index contributed by atoms with van der Waals surface area (Å²) in [6.45, 7) is 1.72. The van der Waals surface area contributed by atoms with Crippen molar-refractivity contribution in [3.63, 3.8) is 0 Å². The Morgan fingerprint density at radius 2 is 1.96 bits per heavy atom. The third kappa shape index (κ3) is 3.88. The number of carbonyl (C=O) groups excluding carboxylic acids is 1. The number of nitrogens with zero attached hydrogens (tertiary/aromatic N) is 4. The molecular weight excluding hydrogens is 396 g/mol. The summed E-state index contributed by atoms with van der Waals surface area (Å²) in [5.74, 6) is 0.567. The van der Waals surface area contributed by atoms with E-state index < -0.39 is 0 Å². The molecule has 0 atom stereocenters. The van der Waals surface area contributed by atoms with E-state index in [4.69, 9.17) is 11.6 Å². The molecule has 7 nitrogen and oxygen atoms in total. The number of para-hydroxylation sites is 1. The molecule has 0 aliphatic carbocycles. The van der Waals surface area contributed by atoms with Gasteiger partial charge in [0, 0.05) is 12.3 Å². The maximum absolute atomic E-state index is 12.8. The molecule has 0 spiro atoms. The van der Waals surface area contributed by atoms with E-state index in [1.807, 2.05) is 47.8 Å². The summed E-state index contributed by atoms with van der Waals surface area (Å²) in [4.78, 5) is 21.9. The van der Waals surface area contributed by atoms with Gasteiger partial charge in [0.1, 0.15) is 22.5 Å². The molecule has 0 saturated carbocycles. The first-order chi connectivity index (χ1) is 13.6. The minimum Gasteiger partial charge on any atom is -0.281 e. The highest BCUT2D eigenvalue weighted by atomic mass is 35.5. The fraction of sp³-hybridized carbons (Fsp3) is 0.0526. The molecule has 3 heterocycles. The summed E-state index contributed by atoms with van der Waals surface area (Å²) < 4.78 is 1.69. The number of thiophene rings is 1. The molecule has 4 rings (SSSR count). The molecule has 0 unspecified atom stereocenters. The number of anilines is 1. The smallest absolute Gasteiger partial charge is 0.273 e. The first kappa shape index (κ1) is 18.1. The Balaban J connectivity index is 1.63. The van der Waals surface area contributed by atoms with E-state index in [1.165, 1.54) is 17.4 Å². The van der Waals surface area contributed by atoms with Crippen LogP contribution in [0.4, 0.5) is 5.82 Å². The summed E-state index contributed by atoms with van der Waals surface area (Å²) >= 11 is 7.45. The van der Waals surface area contributed by atoms with Gasteiger partial charge < -0.3 is 0 Å². The van der Waals surface area contributed by atoms with Crippen LogP contribution in [-0.4, -0.2) is 25.7 Å². The normalized spacial score (nSPS) is 10.6. The topological polar surface area (TPSA) is 84.7 Å². The quantitative estimate of drug-likeness (QED) is 0.382. The summed E-state index contributed by atoms with van der Waals surface area (Å²) in [6.07, 6.45) is 1.71. The van der Waals surface area contributed by atoms with Crippen LogP contribution in [0.15, 0.2) is 60.1 Å². The van der Waals surface area contributed by atoms with Crippen molar-refractivity contribution in [2.24, 2.45) is 0 Å². The van der Waals surface area contributed by atoms with Crippen molar-refractivity contribution >= 4 is 34.7 Å². The van der Waals surface area contributed by atoms with Crippen molar-refractivity contribution in [1.29, 1.82) is 0 Å². The van der Waals surface area contributed by atoms with Gasteiger partial charge in [0.05, 0.1) is 16.1 Å². The molecule has 0 radical (unpaired) electrons. The van der Waals surface area contributed by atoms with Crippen LogP contribution >= 0.6 is 22.9 Å². The number of hydrazine groups is 1. The summed E-state index contributed by atoms with van der Waals surface area (Å²) in [5.41, 5.74) is 7.34. The fourth-order valence-electron chi connectivity index (χ4n) is 2.63. The van der Waals surface area contributed by atoms with Crippen molar-refractivity contribution in [1.82, 2.24) is 25.2 Å². The van der Waals surface area contributed by atoms with Gasteiger partial charge in [-0.05, 0) is 30.5 Å². The Labute approximate surface area is 170 Å². The average molecular weight is 411 g/mol. The van der Waals surface area contributed by atoms with E-state index in [9.17, 15) is 4.79 Å². The number of benzene rings is 1. The molecule has 0 aliphatic heterocycles. The molecule has 0 fully saturated rings. The number of aromatic nitrogens is 4. The maximum atomic E-state index is 12.8. The summed E-state index contributed by atoms with van der Waals surface area (Å²) in [5, 5.41) is 6.86. The number of rotatable bonds is 5. The van der Waals surface area contributed by atoms with E-state index in [2.05, 4.69) is 25.9 Å². The van der Waals surface area contributed by atoms with Gasteiger partial charge in [-0.1, -0.05) is 35.9 Å². The zero-order valence-corrected chi connectivity index (χ0v) is 16.3. The van der Waals surface area contributed by atoms with Gasteiger partial charge in [-0.15, -0.1) is 11.3 Å². The van der Waals surface area contributed by atoms with Crippen LogP contribution in [0, 0.1) is 6.92 Å². The van der Waals surface area contributed by atoms with E-state index in [0.29, 0.717) is 28.1 Å². The molecule has 140 valence electrons. The molecule has 1 amide bonds. The molecule has 28 heavy (non-hydrogen) atoms. The predicted molar refractivity (Wildman–Crippen MR) is 110 cm³/mol. The fourth-order valence-corrected chi connectivity index (χ4v) is 3.58. The number of aryl methyl sites for hydroxylation is 1. The highest BCUT2D eigenvalue weighted by Crippen LogP contribution is 2.27. The van der Waals surface area contributed by atoms with Gasteiger partial charge in [-0.2, -0.15) is 5.10 Å². The van der Waals surface area contributed by atoms with E-state index in [1.54, 1.807) is 17.8 Å². The maximum Gasteiger partial charge on any atom is 0.273 e. The molecule has 0 bridgehead atoms. The van der Waals surface area contributed by atoms with Crippen molar-refractivity contribution in [3.8, 4) is 16.3 Å². The standard InChI is InChI=1S/C19H15ClN6OS/c1-12-21-16(20)10-17(22-12)23-24-19(27)14-11-26(13-6-3-2-4-7-13)25-18(14)15-8-5-9-28-15/h2-11H,1H3,(H,24,27)(H,21,22,23). The zero-order valence-electron chi connectivity index (χ0n) is 14.8. The van der Waals surface area contributed by atoms with Gasteiger partial charge in [0.25, 0.3) is 5.91 Å². The third-order valence-corrected chi connectivity index (χ3v) is 4.92. The molecule has 0 saturated heterocycles. The Morgan fingerprint density at radius 3 is 2.68 bits per heavy atom. The van der Waals surface area contributed by atoms with Crippen LogP contribution < -0.4 is 10.9 Å². The van der Waals surface area contributed by atoms with E-state index in [-0.39, 0.29) is 5.91 Å². The zero-order chi connectivity index (χ0) is 19.5. The monoisotopic (exact) mass is 410 g/mol. The van der Waals surface area contributed by atoms with Gasteiger partial charge in [0.15, 0.2) is 0 Å². The molecule has 2 N–H and O–H groups in total. The van der Waals surface area contributed by atoms with Crippen molar-refractivity contribution in [3.05, 3.63) is 76.6 Å². The SMILES string of the molecule is Cc1nc(Cl)cc(NNC(=O)c2cn(-c3ccccc3)nc2-c2cccs2)n1. The van der Waals surface area contributed by atoms with Crippen LogP contribution in [0.3, 0.4) is 0 Å². The molecule has 3 aromatic heterocycles. The minimum atomic E-state index is -0.335. The van der Waals surface area contributed by atoms with Gasteiger partial charge in [0.2, 0.25) is 0 Å². The highest BCUT2D eigenvalue weighted by molar-refractivity contribution is 7.13. The lowest BCUT2D eigenvalue weighted by Crippen LogP contribution is -2.30. The number of halogens is 1. The van der Waals surface area contributed by atoms with Crippen LogP contribution in [-0.2, 0) is 0 Å². The number of carbonyl (C=O) groups is 1. The van der Waals surface area contributed by atoms with Crippen molar-refractivity contribution < 1.29 is 4.79 Å². The molecular formula is C19H15ClN6OS. The molecule has 4 aromatic rings. The Bertz CT molecular complexity index is 1090. The second kappa shape index (κ2) is 7.79. The van der Waals surface area contributed by atoms with E-state index >= 15 is 0 Å². The number of amides is 1. The summed E-state index contributed by atoms with van der Waals surface area (Å²) in [7, 11) is 0. The molecule has 9 heteroatoms. The number of nitrogens with one attached hydrogen (secondary N) is 2. The van der Waals surface area contributed by atoms with Gasteiger partial charge in [-0.3, -0.25) is 15.6 Å². The Hall–Kier alpha value is -3.23. The molecule has 1 aromatic carbocycles. The second-order valence-corrected chi connectivity index (χ2v) is 7.19. The second-order valence-electron chi connectivity index (χ2n) is 5.85. The largest absolute Gasteiger partial charge is 0.281 e. The summed E-state index contributed by atoms with van der Waals surface area (Å²) in [6, 6.07) is 15.0. The van der Waals surface area contributed by atoms with Crippen molar-refractivity contribution in [2.45, 2.75) is 6.92 Å². The van der Waals surface area contributed by atoms with Crippen LogP contribution in [0.5, 0.6) is 0 Å². The first-order valence-corrected chi connectivity index (χ1v) is 9.62. The van der Waals surface area contributed by atoms with Crippen molar-refractivity contribution in [2.75, 3.05) is 5.43 Å². The third-order valence-electron chi connectivity index (χ3n) is 3.84. The highest BCUT2D eigenvalue weighted by Gasteiger charge is 2.19. The minimum absolute atomic E-state index is 0.292. The number of hydrogen-bond donors (Lipinski definition) is 2. The van der Waals surface area contributed by atoms with Crippen LogP contribution in [0.1, 0.15) is 16.2 Å². The number of hydrogen-bond acceptors (Lipinski definition) is 6. The molecule has 0 aliphatic rings. The average Bonchev–Trinajstić information content (AvgIpc) is 3.35.